The van der Waals surface area contributed by atoms with Crippen LogP contribution in [0.25, 0.3) is 0 Å². The van der Waals surface area contributed by atoms with Gasteiger partial charge in [-0.15, -0.1) is 0 Å². The van der Waals surface area contributed by atoms with E-state index in [0.717, 1.165) is 0 Å². The van der Waals surface area contributed by atoms with Crippen LogP contribution >= 0.6 is 0 Å². The summed E-state index contributed by atoms with van der Waals surface area (Å²) in [5.74, 6) is -0.302. The number of anilines is 3. The van der Waals surface area contributed by atoms with E-state index in [4.69, 9.17) is 5.26 Å². The maximum Gasteiger partial charge on any atom is 0.274 e. The SMILES string of the molecule is Cc1nc(Nc2cccc(C#N)c2)cc(C(=O)Nc2ccccc2F)n1. The van der Waals surface area contributed by atoms with Gasteiger partial charge in [0.15, 0.2) is 0 Å². The van der Waals surface area contributed by atoms with Crippen LogP contribution in [-0.2, 0) is 0 Å². The topological polar surface area (TPSA) is 90.7 Å². The lowest BCUT2D eigenvalue weighted by atomic mass is 10.2. The molecule has 0 saturated carbocycles. The number of carbonyl (C=O) groups is 1. The summed E-state index contributed by atoms with van der Waals surface area (Å²) in [4.78, 5) is 20.7. The van der Waals surface area contributed by atoms with E-state index in [9.17, 15) is 9.18 Å². The Labute approximate surface area is 149 Å². The first kappa shape index (κ1) is 17.0. The average molecular weight is 347 g/mol. The maximum absolute atomic E-state index is 13.7. The van der Waals surface area contributed by atoms with Gasteiger partial charge in [-0.25, -0.2) is 14.4 Å². The molecule has 7 heteroatoms. The molecule has 0 aliphatic heterocycles. The molecule has 0 aliphatic carbocycles. The zero-order valence-electron chi connectivity index (χ0n) is 13.8. The van der Waals surface area contributed by atoms with E-state index in [1.165, 1.54) is 24.3 Å². The number of benzene rings is 2. The van der Waals surface area contributed by atoms with E-state index in [1.807, 2.05) is 0 Å². The molecule has 0 atom stereocenters. The number of hydrogen-bond acceptors (Lipinski definition) is 5. The number of aryl methyl sites for hydroxylation is 1. The Bertz CT molecular complexity index is 1010. The van der Waals surface area contributed by atoms with Crippen molar-refractivity contribution < 1.29 is 9.18 Å². The number of nitrogens with one attached hydrogen (secondary N) is 2. The zero-order valence-corrected chi connectivity index (χ0v) is 13.8. The number of nitriles is 1. The van der Waals surface area contributed by atoms with Crippen LogP contribution in [0.1, 0.15) is 21.9 Å². The molecule has 0 saturated heterocycles. The minimum Gasteiger partial charge on any atom is -0.340 e. The first-order valence-corrected chi connectivity index (χ1v) is 7.74. The molecule has 2 N–H and O–H groups in total. The van der Waals surface area contributed by atoms with Crippen LogP contribution in [0.15, 0.2) is 54.6 Å². The van der Waals surface area contributed by atoms with Gasteiger partial charge in [0.1, 0.15) is 23.2 Å². The van der Waals surface area contributed by atoms with E-state index in [1.54, 1.807) is 37.3 Å². The van der Waals surface area contributed by atoms with Crippen molar-refractivity contribution in [2.45, 2.75) is 6.92 Å². The number of carbonyl (C=O) groups excluding carboxylic acids is 1. The van der Waals surface area contributed by atoms with Crippen molar-refractivity contribution in [3.05, 3.63) is 77.5 Å². The molecular weight excluding hydrogens is 333 g/mol. The molecule has 6 nitrogen and oxygen atoms in total. The number of rotatable bonds is 4. The van der Waals surface area contributed by atoms with Crippen molar-refractivity contribution in [2.75, 3.05) is 10.6 Å². The molecule has 2 aromatic carbocycles. The van der Waals surface area contributed by atoms with Crippen molar-refractivity contribution in [3.63, 3.8) is 0 Å². The zero-order chi connectivity index (χ0) is 18.5. The lowest BCUT2D eigenvalue weighted by Crippen LogP contribution is -2.16. The summed E-state index contributed by atoms with van der Waals surface area (Å²) in [6, 6.07) is 16.3. The second-order valence-corrected chi connectivity index (χ2v) is 5.44. The number of hydrogen-bond donors (Lipinski definition) is 2. The molecule has 0 spiro atoms. The lowest BCUT2D eigenvalue weighted by Gasteiger charge is -2.10. The highest BCUT2D eigenvalue weighted by Gasteiger charge is 2.13. The monoisotopic (exact) mass is 347 g/mol. The van der Waals surface area contributed by atoms with E-state index >= 15 is 0 Å². The fraction of sp³-hybridized carbons (Fsp3) is 0.0526. The minimum atomic E-state index is -0.547. The molecule has 26 heavy (non-hydrogen) atoms. The number of nitrogens with zero attached hydrogens (tertiary/aromatic N) is 3. The molecule has 3 aromatic rings. The van der Waals surface area contributed by atoms with Gasteiger partial charge in [-0.2, -0.15) is 5.26 Å². The minimum absolute atomic E-state index is 0.0741. The van der Waals surface area contributed by atoms with Gasteiger partial charge in [-0.05, 0) is 37.3 Å². The molecule has 1 heterocycles. The third kappa shape index (κ3) is 3.99. The van der Waals surface area contributed by atoms with Crippen molar-refractivity contribution in [1.82, 2.24) is 9.97 Å². The molecule has 0 fully saturated rings. The fourth-order valence-electron chi connectivity index (χ4n) is 2.31. The van der Waals surface area contributed by atoms with E-state index < -0.39 is 11.7 Å². The molecule has 3 rings (SSSR count). The predicted molar refractivity (Wildman–Crippen MR) is 95.6 cm³/mol. The van der Waals surface area contributed by atoms with Crippen molar-refractivity contribution in [3.8, 4) is 6.07 Å². The van der Waals surface area contributed by atoms with E-state index in [0.29, 0.717) is 22.9 Å². The van der Waals surface area contributed by atoms with Gasteiger partial charge in [0, 0.05) is 11.8 Å². The van der Waals surface area contributed by atoms with Crippen LogP contribution < -0.4 is 10.6 Å². The largest absolute Gasteiger partial charge is 0.340 e. The van der Waals surface area contributed by atoms with Crippen LogP contribution in [0.4, 0.5) is 21.6 Å². The maximum atomic E-state index is 13.7. The van der Waals surface area contributed by atoms with Crippen LogP contribution in [0.3, 0.4) is 0 Å². The highest BCUT2D eigenvalue weighted by Crippen LogP contribution is 2.18. The van der Waals surface area contributed by atoms with Gasteiger partial charge in [0.2, 0.25) is 0 Å². The summed E-state index contributed by atoms with van der Waals surface area (Å²) < 4.78 is 13.7. The molecule has 1 amide bonds. The van der Waals surface area contributed by atoms with Gasteiger partial charge in [0.25, 0.3) is 5.91 Å². The van der Waals surface area contributed by atoms with Crippen LogP contribution in [-0.4, -0.2) is 15.9 Å². The van der Waals surface area contributed by atoms with Crippen LogP contribution in [0.5, 0.6) is 0 Å². The predicted octanol–water partition coefficient (Wildman–Crippen LogP) is 3.79. The van der Waals surface area contributed by atoms with Crippen molar-refractivity contribution in [1.29, 1.82) is 5.26 Å². The Morgan fingerprint density at radius 3 is 2.69 bits per heavy atom. The highest BCUT2D eigenvalue weighted by molar-refractivity contribution is 6.03. The summed E-state index contributed by atoms with van der Waals surface area (Å²) in [6.45, 7) is 1.65. The average Bonchev–Trinajstić information content (AvgIpc) is 2.63. The quantitative estimate of drug-likeness (QED) is 0.749. The second-order valence-electron chi connectivity index (χ2n) is 5.44. The van der Waals surface area contributed by atoms with Crippen LogP contribution in [0, 0.1) is 24.1 Å². The summed E-state index contributed by atoms with van der Waals surface area (Å²) >= 11 is 0. The molecule has 0 unspecified atom stereocenters. The first-order valence-electron chi connectivity index (χ1n) is 7.74. The lowest BCUT2D eigenvalue weighted by molar-refractivity contribution is 0.102. The summed E-state index contributed by atoms with van der Waals surface area (Å²) in [5.41, 5.74) is 1.32. The van der Waals surface area contributed by atoms with Gasteiger partial charge in [-0.1, -0.05) is 18.2 Å². The van der Waals surface area contributed by atoms with Crippen molar-refractivity contribution >= 4 is 23.1 Å². The Kier molecular flexibility index (Phi) is 4.85. The molecule has 0 aliphatic rings. The smallest absolute Gasteiger partial charge is 0.274 e. The van der Waals surface area contributed by atoms with Crippen LogP contribution in [0.2, 0.25) is 0 Å². The molecule has 128 valence electrons. The highest BCUT2D eigenvalue weighted by atomic mass is 19.1. The summed E-state index contributed by atoms with van der Waals surface area (Å²) in [6.07, 6.45) is 0. The second kappa shape index (κ2) is 7.40. The van der Waals surface area contributed by atoms with Gasteiger partial charge in [0.05, 0.1) is 17.3 Å². The van der Waals surface area contributed by atoms with E-state index in [2.05, 4.69) is 26.7 Å². The fourth-order valence-corrected chi connectivity index (χ4v) is 2.31. The normalized spacial score (nSPS) is 10.0. The van der Waals surface area contributed by atoms with Gasteiger partial charge < -0.3 is 10.6 Å². The third-order valence-corrected chi connectivity index (χ3v) is 3.46. The number of halogens is 1. The Hall–Kier alpha value is -3.79. The van der Waals surface area contributed by atoms with Gasteiger partial charge in [-0.3, -0.25) is 4.79 Å². The third-order valence-electron chi connectivity index (χ3n) is 3.46. The molecular formula is C19H14FN5O. The summed E-state index contributed by atoms with van der Waals surface area (Å²) in [7, 11) is 0. The van der Waals surface area contributed by atoms with E-state index in [-0.39, 0.29) is 11.4 Å². The number of aromatic nitrogens is 2. The number of para-hydroxylation sites is 1. The first-order chi connectivity index (χ1) is 12.5. The standard InChI is InChI=1S/C19H14FN5O/c1-12-22-17(19(26)25-16-8-3-2-7-15(16)20)10-18(23-12)24-14-6-4-5-13(9-14)11-21/h2-10H,1H3,(H,25,26)(H,22,23,24). The molecule has 0 radical (unpaired) electrons. The number of amides is 1. The van der Waals surface area contributed by atoms with Gasteiger partial charge >= 0.3 is 0 Å². The molecule has 0 bridgehead atoms. The Balaban J connectivity index is 1.84. The Morgan fingerprint density at radius 1 is 1.12 bits per heavy atom. The Morgan fingerprint density at radius 2 is 1.92 bits per heavy atom. The van der Waals surface area contributed by atoms with Crippen molar-refractivity contribution in [2.24, 2.45) is 0 Å². The summed E-state index contributed by atoms with van der Waals surface area (Å²) in [5, 5.41) is 14.5. The molecule has 1 aromatic heterocycles.